The molecular formula is C11H9F3N4O. The Bertz CT molecular complexity index is 588. The number of halogens is 3. The molecule has 1 atom stereocenters. The number of aliphatic hydroxyl groups excluding tert-OH is 1. The van der Waals surface area contributed by atoms with Crippen molar-refractivity contribution in [3.05, 3.63) is 47.6 Å². The molecule has 2 aromatic heterocycles. The molecule has 0 aliphatic carbocycles. The summed E-state index contributed by atoms with van der Waals surface area (Å²) in [5.41, 5.74) is -1.02. The lowest BCUT2D eigenvalue weighted by atomic mass is 10.0. The van der Waals surface area contributed by atoms with Gasteiger partial charge in [-0.15, -0.1) is 0 Å². The van der Waals surface area contributed by atoms with Gasteiger partial charge >= 0.3 is 6.18 Å². The van der Waals surface area contributed by atoms with Crippen LogP contribution in [0.15, 0.2) is 25.0 Å². The van der Waals surface area contributed by atoms with Gasteiger partial charge < -0.3 is 5.11 Å². The van der Waals surface area contributed by atoms with Crippen molar-refractivity contribution >= 4 is 0 Å². The van der Waals surface area contributed by atoms with E-state index in [0.717, 1.165) is 12.5 Å². The molecule has 1 unspecified atom stereocenters. The first-order chi connectivity index (χ1) is 8.91. The second-order valence-corrected chi connectivity index (χ2v) is 3.79. The highest BCUT2D eigenvalue weighted by atomic mass is 19.4. The maximum Gasteiger partial charge on any atom is 0.433 e. The van der Waals surface area contributed by atoms with Crippen molar-refractivity contribution in [2.75, 3.05) is 0 Å². The first-order valence-corrected chi connectivity index (χ1v) is 5.23. The summed E-state index contributed by atoms with van der Waals surface area (Å²) in [6.45, 7) is 1.57. The van der Waals surface area contributed by atoms with Gasteiger partial charge in [0.2, 0.25) is 0 Å². The van der Waals surface area contributed by atoms with Crippen molar-refractivity contribution in [2.45, 2.75) is 19.2 Å². The van der Waals surface area contributed by atoms with Crippen LogP contribution in [0.1, 0.15) is 28.6 Å². The van der Waals surface area contributed by atoms with E-state index in [1.165, 1.54) is 12.5 Å². The molecule has 19 heavy (non-hydrogen) atoms. The molecule has 2 aromatic rings. The number of hydrogen-bond donors (Lipinski definition) is 1. The molecule has 0 amide bonds. The number of hydrogen-bond acceptors (Lipinski definition) is 5. The van der Waals surface area contributed by atoms with Gasteiger partial charge in [-0.1, -0.05) is 0 Å². The molecule has 0 aliphatic heterocycles. The Morgan fingerprint density at radius 2 is 1.63 bits per heavy atom. The lowest BCUT2D eigenvalue weighted by molar-refractivity contribution is -0.142. The van der Waals surface area contributed by atoms with Crippen LogP contribution in [0.3, 0.4) is 0 Å². The van der Waals surface area contributed by atoms with E-state index in [9.17, 15) is 18.3 Å². The fourth-order valence-corrected chi connectivity index (χ4v) is 1.61. The topological polar surface area (TPSA) is 71.8 Å². The van der Waals surface area contributed by atoms with Crippen LogP contribution in [0.2, 0.25) is 0 Å². The van der Waals surface area contributed by atoms with E-state index < -0.39 is 23.5 Å². The molecule has 0 saturated heterocycles. The van der Waals surface area contributed by atoms with Gasteiger partial charge in [0.1, 0.15) is 18.8 Å². The molecule has 1 N–H and O–H groups in total. The summed E-state index contributed by atoms with van der Waals surface area (Å²) in [6, 6.07) is 0. The van der Waals surface area contributed by atoms with Gasteiger partial charge in [0.15, 0.2) is 5.69 Å². The standard InChI is InChI=1S/C11H9F3N4O/c1-6-7(2-15-4-17-6)9(19)8-3-16-5-18-10(8)11(12,13)14/h2-5,9,19H,1H3. The van der Waals surface area contributed by atoms with Crippen LogP contribution in [0, 0.1) is 6.92 Å². The van der Waals surface area contributed by atoms with E-state index in [4.69, 9.17) is 0 Å². The number of aliphatic hydroxyl groups is 1. The van der Waals surface area contributed by atoms with Gasteiger partial charge in [-0.3, -0.25) is 0 Å². The quantitative estimate of drug-likeness (QED) is 0.898. The normalized spacial score (nSPS) is 13.3. The Labute approximate surface area is 106 Å². The number of aromatic nitrogens is 4. The van der Waals surface area contributed by atoms with Crippen LogP contribution in [-0.4, -0.2) is 25.0 Å². The highest BCUT2D eigenvalue weighted by molar-refractivity contribution is 5.32. The summed E-state index contributed by atoms with van der Waals surface area (Å²) in [7, 11) is 0. The monoisotopic (exact) mass is 270 g/mol. The summed E-state index contributed by atoms with van der Waals surface area (Å²) >= 11 is 0. The molecule has 0 aromatic carbocycles. The average Bonchev–Trinajstić information content (AvgIpc) is 2.37. The summed E-state index contributed by atoms with van der Waals surface area (Å²) in [6.07, 6.45) is -1.96. The van der Waals surface area contributed by atoms with Gasteiger partial charge in [0, 0.05) is 29.2 Å². The summed E-state index contributed by atoms with van der Waals surface area (Å²) < 4.78 is 38.4. The number of nitrogens with zero attached hydrogens (tertiary/aromatic N) is 4. The van der Waals surface area contributed by atoms with Crippen molar-refractivity contribution in [1.82, 2.24) is 19.9 Å². The van der Waals surface area contributed by atoms with E-state index in [-0.39, 0.29) is 5.56 Å². The van der Waals surface area contributed by atoms with E-state index in [1.54, 1.807) is 6.92 Å². The zero-order valence-corrected chi connectivity index (χ0v) is 9.76. The van der Waals surface area contributed by atoms with E-state index >= 15 is 0 Å². The molecule has 0 saturated carbocycles. The zero-order chi connectivity index (χ0) is 14.0. The molecule has 2 rings (SSSR count). The van der Waals surface area contributed by atoms with E-state index in [2.05, 4.69) is 19.9 Å². The van der Waals surface area contributed by atoms with E-state index in [1.807, 2.05) is 0 Å². The molecule has 0 radical (unpaired) electrons. The predicted molar refractivity (Wildman–Crippen MR) is 57.9 cm³/mol. The smallest absolute Gasteiger partial charge is 0.383 e. The summed E-state index contributed by atoms with van der Waals surface area (Å²) in [4.78, 5) is 14.2. The van der Waals surface area contributed by atoms with Gasteiger partial charge in [0.25, 0.3) is 0 Å². The van der Waals surface area contributed by atoms with Crippen LogP contribution in [0.25, 0.3) is 0 Å². The molecule has 100 valence electrons. The highest BCUT2D eigenvalue weighted by Crippen LogP contribution is 2.34. The molecule has 5 nitrogen and oxygen atoms in total. The van der Waals surface area contributed by atoms with Crippen molar-refractivity contribution in [3.63, 3.8) is 0 Å². The lowest BCUT2D eigenvalue weighted by Crippen LogP contribution is -2.16. The Kier molecular flexibility index (Phi) is 3.43. The second-order valence-electron chi connectivity index (χ2n) is 3.79. The van der Waals surface area contributed by atoms with Crippen molar-refractivity contribution in [1.29, 1.82) is 0 Å². The lowest BCUT2D eigenvalue weighted by Gasteiger charge is -2.16. The van der Waals surface area contributed by atoms with Crippen LogP contribution >= 0.6 is 0 Å². The van der Waals surface area contributed by atoms with Crippen LogP contribution in [0.5, 0.6) is 0 Å². The number of rotatable bonds is 2. The molecule has 0 aliphatic rings. The minimum atomic E-state index is -4.66. The average molecular weight is 270 g/mol. The molecule has 2 heterocycles. The zero-order valence-electron chi connectivity index (χ0n) is 9.76. The maximum atomic E-state index is 12.8. The molecule has 0 fully saturated rings. The Hall–Kier alpha value is -2.09. The Morgan fingerprint density at radius 1 is 1.05 bits per heavy atom. The summed E-state index contributed by atoms with van der Waals surface area (Å²) in [5, 5.41) is 10.1. The number of alkyl halides is 3. The van der Waals surface area contributed by atoms with Crippen LogP contribution in [-0.2, 0) is 6.18 Å². The van der Waals surface area contributed by atoms with Gasteiger partial charge in [0.05, 0.1) is 0 Å². The molecular weight excluding hydrogens is 261 g/mol. The fraction of sp³-hybridized carbons (Fsp3) is 0.273. The minimum Gasteiger partial charge on any atom is -0.383 e. The first-order valence-electron chi connectivity index (χ1n) is 5.23. The maximum absolute atomic E-state index is 12.8. The summed E-state index contributed by atoms with van der Waals surface area (Å²) in [5.74, 6) is 0. The fourth-order valence-electron chi connectivity index (χ4n) is 1.61. The SMILES string of the molecule is Cc1ncncc1C(O)c1cncnc1C(F)(F)F. The largest absolute Gasteiger partial charge is 0.433 e. The first kappa shape index (κ1) is 13.3. The predicted octanol–water partition coefficient (Wildman–Crippen LogP) is 1.68. The highest BCUT2D eigenvalue weighted by Gasteiger charge is 2.37. The Balaban J connectivity index is 2.51. The van der Waals surface area contributed by atoms with Crippen LogP contribution in [0.4, 0.5) is 13.2 Å². The van der Waals surface area contributed by atoms with Gasteiger partial charge in [-0.25, -0.2) is 19.9 Å². The Morgan fingerprint density at radius 3 is 2.21 bits per heavy atom. The third-order valence-electron chi connectivity index (χ3n) is 2.55. The van der Waals surface area contributed by atoms with Crippen LogP contribution < -0.4 is 0 Å². The third-order valence-corrected chi connectivity index (χ3v) is 2.55. The molecule has 0 spiro atoms. The number of aryl methyl sites for hydroxylation is 1. The van der Waals surface area contributed by atoms with Crippen molar-refractivity contribution < 1.29 is 18.3 Å². The van der Waals surface area contributed by atoms with Gasteiger partial charge in [-0.2, -0.15) is 13.2 Å². The minimum absolute atomic E-state index is 0.183. The second kappa shape index (κ2) is 4.88. The third kappa shape index (κ3) is 2.68. The van der Waals surface area contributed by atoms with Crippen molar-refractivity contribution in [2.24, 2.45) is 0 Å². The molecule has 0 bridgehead atoms. The molecule has 8 heteroatoms. The van der Waals surface area contributed by atoms with E-state index in [0.29, 0.717) is 5.69 Å². The van der Waals surface area contributed by atoms with Crippen molar-refractivity contribution in [3.8, 4) is 0 Å². The van der Waals surface area contributed by atoms with Gasteiger partial charge in [-0.05, 0) is 6.92 Å².